The molecule has 1 N–H and O–H groups in total. The van der Waals surface area contributed by atoms with Gasteiger partial charge in [-0.2, -0.15) is 4.98 Å². The highest BCUT2D eigenvalue weighted by Crippen LogP contribution is 2.29. The van der Waals surface area contributed by atoms with Crippen molar-refractivity contribution in [2.45, 2.75) is 12.8 Å². The Bertz CT molecular complexity index is 1110. The minimum atomic E-state index is 0.705. The van der Waals surface area contributed by atoms with Crippen LogP contribution in [0.2, 0.25) is 5.02 Å². The van der Waals surface area contributed by atoms with Crippen molar-refractivity contribution in [3.8, 4) is 5.88 Å². The van der Waals surface area contributed by atoms with E-state index in [1.54, 1.807) is 0 Å². The normalized spacial score (nSPS) is 16.1. The Morgan fingerprint density at radius 3 is 2.81 bits per heavy atom. The largest absolute Gasteiger partial charge is 0.478 e. The summed E-state index contributed by atoms with van der Waals surface area (Å²) in [5, 5.41) is 6.56. The van der Waals surface area contributed by atoms with Gasteiger partial charge in [0.05, 0.1) is 6.61 Å². The maximum absolute atomic E-state index is 6.17. The predicted molar refractivity (Wildman–Crippen MR) is 134 cm³/mol. The van der Waals surface area contributed by atoms with Gasteiger partial charge in [-0.3, -0.25) is 4.90 Å². The molecule has 2 aliphatic heterocycles. The SMILES string of the molecule is Clc1ccc2c(N3CCN(CCCCOc4ccc5c(n4)NCC=C5)CC3)cccc2c1. The number of hydrogen-bond donors (Lipinski definition) is 1. The average molecular weight is 449 g/mol. The number of pyridine rings is 1. The summed E-state index contributed by atoms with van der Waals surface area (Å²) in [5.74, 6) is 1.62. The lowest BCUT2D eigenvalue weighted by molar-refractivity contribution is 0.237. The van der Waals surface area contributed by atoms with Gasteiger partial charge in [-0.15, -0.1) is 0 Å². The third kappa shape index (κ3) is 4.84. The topological polar surface area (TPSA) is 40.6 Å². The van der Waals surface area contributed by atoms with Crippen molar-refractivity contribution in [2.75, 3.05) is 56.1 Å². The second-order valence-corrected chi connectivity index (χ2v) is 8.83. The van der Waals surface area contributed by atoms with E-state index >= 15 is 0 Å². The van der Waals surface area contributed by atoms with E-state index in [9.17, 15) is 0 Å². The Balaban J connectivity index is 1.05. The summed E-state index contributed by atoms with van der Waals surface area (Å²) in [5.41, 5.74) is 2.43. The molecule has 5 rings (SSSR count). The smallest absolute Gasteiger partial charge is 0.215 e. The van der Waals surface area contributed by atoms with Crippen molar-refractivity contribution in [3.63, 3.8) is 0 Å². The molecule has 1 saturated heterocycles. The molecule has 2 aliphatic rings. The van der Waals surface area contributed by atoms with Crippen molar-refractivity contribution in [3.05, 3.63) is 65.2 Å². The van der Waals surface area contributed by atoms with Crippen molar-refractivity contribution in [1.82, 2.24) is 9.88 Å². The number of anilines is 2. The fraction of sp³-hybridized carbons (Fsp3) is 0.346. The zero-order chi connectivity index (χ0) is 21.8. The van der Waals surface area contributed by atoms with Gasteiger partial charge < -0.3 is 15.0 Å². The molecule has 0 aliphatic carbocycles. The van der Waals surface area contributed by atoms with Crippen LogP contribution in [0.4, 0.5) is 11.5 Å². The first kappa shape index (κ1) is 21.1. The van der Waals surface area contributed by atoms with Crippen LogP contribution in [0, 0.1) is 0 Å². The molecule has 0 radical (unpaired) electrons. The van der Waals surface area contributed by atoms with Gasteiger partial charge in [-0.1, -0.05) is 42.0 Å². The molecule has 166 valence electrons. The number of benzene rings is 2. The van der Waals surface area contributed by atoms with E-state index < -0.39 is 0 Å². The number of piperazine rings is 1. The minimum Gasteiger partial charge on any atom is -0.478 e. The number of unbranched alkanes of at least 4 members (excludes halogenated alkanes) is 1. The number of halogens is 1. The Kier molecular flexibility index (Phi) is 6.46. The first-order valence-electron chi connectivity index (χ1n) is 11.5. The number of nitrogens with one attached hydrogen (secondary N) is 1. The number of fused-ring (bicyclic) bond motifs is 2. The van der Waals surface area contributed by atoms with Crippen molar-refractivity contribution in [1.29, 1.82) is 0 Å². The van der Waals surface area contributed by atoms with Crippen LogP contribution in [-0.4, -0.2) is 55.8 Å². The van der Waals surface area contributed by atoms with Gasteiger partial charge >= 0.3 is 0 Å². The molecular weight excluding hydrogens is 420 g/mol. The number of aromatic nitrogens is 1. The van der Waals surface area contributed by atoms with Gasteiger partial charge in [0.15, 0.2) is 0 Å². The zero-order valence-electron chi connectivity index (χ0n) is 18.3. The van der Waals surface area contributed by atoms with E-state index in [-0.39, 0.29) is 0 Å². The van der Waals surface area contributed by atoms with Crippen molar-refractivity contribution < 1.29 is 4.74 Å². The maximum Gasteiger partial charge on any atom is 0.215 e. The summed E-state index contributed by atoms with van der Waals surface area (Å²) in [6.45, 7) is 6.95. The summed E-state index contributed by atoms with van der Waals surface area (Å²) in [7, 11) is 0. The Labute approximate surface area is 194 Å². The lowest BCUT2D eigenvalue weighted by Crippen LogP contribution is -2.46. The van der Waals surface area contributed by atoms with Gasteiger partial charge in [0.25, 0.3) is 0 Å². The highest BCUT2D eigenvalue weighted by atomic mass is 35.5. The van der Waals surface area contributed by atoms with Crippen LogP contribution in [0.25, 0.3) is 16.8 Å². The number of rotatable bonds is 7. The molecular formula is C26H29ClN4O. The van der Waals surface area contributed by atoms with Gasteiger partial charge in [-0.05, 0) is 49.0 Å². The van der Waals surface area contributed by atoms with E-state index in [1.807, 2.05) is 18.2 Å². The van der Waals surface area contributed by atoms with Gasteiger partial charge in [0.2, 0.25) is 5.88 Å². The maximum atomic E-state index is 6.17. The van der Waals surface area contributed by atoms with E-state index in [4.69, 9.17) is 16.3 Å². The molecule has 0 bridgehead atoms. The molecule has 3 aromatic rings. The third-order valence-electron chi connectivity index (χ3n) is 6.24. The van der Waals surface area contributed by atoms with Crippen LogP contribution in [-0.2, 0) is 0 Å². The van der Waals surface area contributed by atoms with Crippen LogP contribution in [0.15, 0.2) is 54.6 Å². The van der Waals surface area contributed by atoms with E-state index in [2.05, 4.69) is 62.6 Å². The molecule has 0 saturated carbocycles. The van der Waals surface area contributed by atoms with E-state index in [1.165, 1.54) is 16.5 Å². The summed E-state index contributed by atoms with van der Waals surface area (Å²) in [6, 6.07) is 16.7. The van der Waals surface area contributed by atoms with Crippen LogP contribution in [0.5, 0.6) is 5.88 Å². The van der Waals surface area contributed by atoms with Gasteiger partial charge in [0.1, 0.15) is 5.82 Å². The van der Waals surface area contributed by atoms with E-state index in [0.29, 0.717) is 12.5 Å². The molecule has 0 unspecified atom stereocenters. The fourth-order valence-electron chi connectivity index (χ4n) is 4.49. The van der Waals surface area contributed by atoms with Crippen LogP contribution in [0.1, 0.15) is 18.4 Å². The summed E-state index contributed by atoms with van der Waals surface area (Å²) in [6.07, 6.45) is 6.37. The quantitative estimate of drug-likeness (QED) is 0.496. The van der Waals surface area contributed by atoms with Crippen LogP contribution in [0.3, 0.4) is 0 Å². The summed E-state index contributed by atoms with van der Waals surface area (Å²) >= 11 is 6.17. The highest BCUT2D eigenvalue weighted by molar-refractivity contribution is 6.31. The molecule has 1 fully saturated rings. The summed E-state index contributed by atoms with van der Waals surface area (Å²) < 4.78 is 5.87. The monoisotopic (exact) mass is 448 g/mol. The molecule has 0 amide bonds. The fourth-order valence-corrected chi connectivity index (χ4v) is 4.67. The first-order chi connectivity index (χ1) is 15.8. The Hall–Kier alpha value is -2.76. The molecule has 1 aromatic heterocycles. The number of nitrogens with zero attached hydrogens (tertiary/aromatic N) is 3. The van der Waals surface area contributed by atoms with Crippen molar-refractivity contribution in [2.24, 2.45) is 0 Å². The predicted octanol–water partition coefficient (Wildman–Crippen LogP) is 5.31. The lowest BCUT2D eigenvalue weighted by Gasteiger charge is -2.36. The lowest BCUT2D eigenvalue weighted by atomic mass is 10.1. The standard InChI is InChI=1S/C26H29ClN4O/c27-22-9-10-23-21(19-22)5-3-7-24(23)31-16-14-30(15-17-31)13-1-2-18-32-25-11-8-20-6-4-12-28-26(20)29-25/h3-11,19H,1-2,12-18H2,(H,28,29). The Morgan fingerprint density at radius 1 is 1.00 bits per heavy atom. The average Bonchev–Trinajstić information content (AvgIpc) is 2.83. The molecule has 6 heteroatoms. The molecule has 0 atom stereocenters. The van der Waals surface area contributed by atoms with Crippen LogP contribution < -0.4 is 15.0 Å². The number of hydrogen-bond acceptors (Lipinski definition) is 5. The minimum absolute atomic E-state index is 0.705. The second-order valence-electron chi connectivity index (χ2n) is 8.40. The Morgan fingerprint density at radius 2 is 1.91 bits per heavy atom. The molecule has 5 nitrogen and oxygen atoms in total. The first-order valence-corrected chi connectivity index (χ1v) is 11.8. The molecule has 0 spiro atoms. The van der Waals surface area contributed by atoms with Gasteiger partial charge in [-0.25, -0.2) is 0 Å². The third-order valence-corrected chi connectivity index (χ3v) is 6.47. The summed E-state index contributed by atoms with van der Waals surface area (Å²) in [4.78, 5) is 9.62. The second kappa shape index (κ2) is 9.80. The van der Waals surface area contributed by atoms with E-state index in [0.717, 1.165) is 68.5 Å². The molecule has 2 aromatic carbocycles. The molecule has 32 heavy (non-hydrogen) atoms. The zero-order valence-corrected chi connectivity index (χ0v) is 19.0. The van der Waals surface area contributed by atoms with Gasteiger partial charge in [0, 0.05) is 60.4 Å². The number of ether oxygens (including phenoxy) is 1. The van der Waals surface area contributed by atoms with Crippen molar-refractivity contribution >= 4 is 40.0 Å². The van der Waals surface area contributed by atoms with Crippen LogP contribution >= 0.6 is 11.6 Å². The molecule has 3 heterocycles. The highest BCUT2D eigenvalue weighted by Gasteiger charge is 2.18.